The summed E-state index contributed by atoms with van der Waals surface area (Å²) in [6, 6.07) is 2.87. The maximum atomic E-state index is 14.7. The summed E-state index contributed by atoms with van der Waals surface area (Å²) >= 11 is 0. The fourth-order valence-corrected chi connectivity index (χ4v) is 3.35. The van der Waals surface area contributed by atoms with Crippen molar-refractivity contribution < 1.29 is 62.6 Å². The number of benzene rings is 2. The predicted molar refractivity (Wildman–Crippen MR) is 123 cm³/mol. The maximum Gasteiger partial charge on any atom is 0.457 e. The molecule has 3 N–H and O–H groups in total. The van der Waals surface area contributed by atoms with Crippen LogP contribution in [0, 0.1) is 11.6 Å². The molecule has 0 aliphatic rings. The zero-order chi connectivity index (χ0) is 31.7. The molecule has 3 rings (SSSR count). The second-order valence-corrected chi connectivity index (χ2v) is 8.20. The van der Waals surface area contributed by atoms with E-state index in [9.17, 15) is 57.9 Å². The fraction of sp³-hybridized carbons (Fsp3) is 0.208. The first-order chi connectivity index (χ1) is 19.3. The highest BCUT2D eigenvalue weighted by Crippen LogP contribution is 2.58. The monoisotopic (exact) mass is 616 g/mol. The molecular weight excluding hydrogens is 601 g/mol. The second-order valence-electron chi connectivity index (χ2n) is 8.20. The molecule has 0 fully saturated rings. The van der Waals surface area contributed by atoms with Gasteiger partial charge in [0.25, 0.3) is 5.91 Å². The standard InChI is InChI=1S/C24H15F11N4O3/c1-36-19(40)18-10-13(6-7-37-18)42-12-3-5-16(15(26)9-12)38-20(41)39-17-8-11(2-4-14(17)25)21(27,23(30,31)32)22(28,29)24(33,34)35/h2-10H,1H3,(H,36,40)(H2,38,39,41). The highest BCUT2D eigenvalue weighted by molar-refractivity contribution is 6.00. The molecule has 0 radical (unpaired) electrons. The van der Waals surface area contributed by atoms with Crippen molar-refractivity contribution in [3.63, 3.8) is 0 Å². The predicted octanol–water partition coefficient (Wildman–Crippen LogP) is 7.08. The molecule has 3 aromatic rings. The minimum atomic E-state index is -7.02. The van der Waals surface area contributed by atoms with Crippen molar-refractivity contribution in [3.8, 4) is 11.5 Å². The van der Waals surface area contributed by atoms with Crippen molar-refractivity contribution in [1.29, 1.82) is 0 Å². The molecule has 0 saturated carbocycles. The molecule has 2 aromatic carbocycles. The number of pyridine rings is 1. The van der Waals surface area contributed by atoms with Crippen molar-refractivity contribution in [2.75, 3.05) is 17.7 Å². The van der Waals surface area contributed by atoms with Crippen LogP contribution in [0.25, 0.3) is 0 Å². The van der Waals surface area contributed by atoms with Gasteiger partial charge >= 0.3 is 30.0 Å². The van der Waals surface area contributed by atoms with Gasteiger partial charge in [-0.15, -0.1) is 0 Å². The van der Waals surface area contributed by atoms with Gasteiger partial charge in [-0.2, -0.15) is 35.1 Å². The number of urea groups is 1. The number of anilines is 2. The van der Waals surface area contributed by atoms with Crippen LogP contribution >= 0.6 is 0 Å². The van der Waals surface area contributed by atoms with Gasteiger partial charge in [0.1, 0.15) is 28.8 Å². The zero-order valence-corrected chi connectivity index (χ0v) is 20.5. The normalized spacial score (nSPS) is 13.6. The molecule has 0 saturated heterocycles. The van der Waals surface area contributed by atoms with Crippen molar-refractivity contribution >= 4 is 23.3 Å². The van der Waals surface area contributed by atoms with Crippen molar-refractivity contribution in [2.45, 2.75) is 23.9 Å². The molecule has 7 nitrogen and oxygen atoms in total. The van der Waals surface area contributed by atoms with Crippen LogP contribution in [0.2, 0.25) is 0 Å². The highest BCUT2D eigenvalue weighted by Gasteiger charge is 2.81. The molecule has 1 aromatic heterocycles. The number of hydrogen-bond donors (Lipinski definition) is 3. The van der Waals surface area contributed by atoms with E-state index in [0.717, 1.165) is 18.2 Å². The zero-order valence-electron chi connectivity index (χ0n) is 20.5. The number of halogens is 11. The largest absolute Gasteiger partial charge is 0.457 e. The average molecular weight is 616 g/mol. The number of aromatic nitrogens is 1. The van der Waals surface area contributed by atoms with E-state index in [1.165, 1.54) is 30.7 Å². The van der Waals surface area contributed by atoms with E-state index in [-0.39, 0.29) is 29.3 Å². The Morgan fingerprint density at radius 2 is 1.36 bits per heavy atom. The number of hydrogen-bond acceptors (Lipinski definition) is 4. The van der Waals surface area contributed by atoms with Gasteiger partial charge in [0, 0.05) is 30.9 Å². The number of amides is 3. The molecule has 1 heterocycles. The lowest BCUT2D eigenvalue weighted by Crippen LogP contribution is -2.59. The molecule has 1 unspecified atom stereocenters. The highest BCUT2D eigenvalue weighted by atomic mass is 19.4. The smallest absolute Gasteiger partial charge is 0.457 e. The minimum Gasteiger partial charge on any atom is -0.457 e. The van der Waals surface area contributed by atoms with Gasteiger partial charge in [-0.25, -0.2) is 18.0 Å². The molecule has 18 heteroatoms. The number of ether oxygens (including phenoxy) is 1. The summed E-state index contributed by atoms with van der Waals surface area (Å²) in [5.74, 6) is -10.5. The van der Waals surface area contributed by atoms with Crippen molar-refractivity contribution in [3.05, 3.63) is 77.6 Å². The van der Waals surface area contributed by atoms with Crippen LogP contribution in [0.5, 0.6) is 11.5 Å². The van der Waals surface area contributed by atoms with Gasteiger partial charge < -0.3 is 20.7 Å². The molecule has 226 valence electrons. The van der Waals surface area contributed by atoms with E-state index in [2.05, 4.69) is 10.3 Å². The molecule has 42 heavy (non-hydrogen) atoms. The number of nitrogens with one attached hydrogen (secondary N) is 3. The summed E-state index contributed by atoms with van der Waals surface area (Å²) in [4.78, 5) is 27.7. The molecule has 1 atom stereocenters. The van der Waals surface area contributed by atoms with Crippen LogP contribution < -0.4 is 20.7 Å². The first-order valence-corrected chi connectivity index (χ1v) is 11.1. The van der Waals surface area contributed by atoms with Crippen LogP contribution in [0.4, 0.5) is 64.5 Å². The Kier molecular flexibility index (Phi) is 8.60. The molecular formula is C24H15F11N4O3. The number of nitrogens with zero attached hydrogens (tertiary/aromatic N) is 1. The number of carbonyl (C=O) groups excluding carboxylic acids is 2. The first kappa shape index (κ1) is 31.9. The summed E-state index contributed by atoms with van der Waals surface area (Å²) in [6.45, 7) is 0. The lowest BCUT2D eigenvalue weighted by Gasteiger charge is -2.36. The first-order valence-electron chi connectivity index (χ1n) is 11.1. The lowest BCUT2D eigenvalue weighted by atomic mass is 9.87. The van der Waals surface area contributed by atoms with Gasteiger partial charge in [0.2, 0.25) is 0 Å². The van der Waals surface area contributed by atoms with Gasteiger partial charge in [0.05, 0.1) is 11.4 Å². The molecule has 0 aliphatic heterocycles. The Morgan fingerprint density at radius 1 is 0.738 bits per heavy atom. The van der Waals surface area contributed by atoms with E-state index in [0.29, 0.717) is 0 Å². The van der Waals surface area contributed by atoms with Gasteiger partial charge in [-0.3, -0.25) is 9.78 Å². The average Bonchev–Trinajstić information content (AvgIpc) is 2.89. The maximum absolute atomic E-state index is 14.7. The summed E-state index contributed by atoms with van der Waals surface area (Å²) in [6.07, 6.45) is -12.7. The van der Waals surface area contributed by atoms with E-state index < -0.39 is 70.5 Å². The third kappa shape index (κ3) is 6.15. The third-order valence-electron chi connectivity index (χ3n) is 5.41. The van der Waals surface area contributed by atoms with E-state index in [1.54, 1.807) is 5.32 Å². The Bertz CT molecular complexity index is 1500. The molecule has 0 bridgehead atoms. The Morgan fingerprint density at radius 3 is 1.93 bits per heavy atom. The Hall–Kier alpha value is -4.64. The quantitative estimate of drug-likeness (QED) is 0.248. The third-order valence-corrected chi connectivity index (χ3v) is 5.41. The van der Waals surface area contributed by atoms with Crippen LogP contribution in [0.15, 0.2) is 54.7 Å². The SMILES string of the molecule is CNC(=O)c1cc(Oc2ccc(NC(=O)Nc3cc(C(F)(C(F)(F)F)C(F)(F)C(F)(F)F)ccc3F)c(F)c2)ccn1. The lowest BCUT2D eigenvalue weighted by molar-refractivity contribution is -0.389. The Balaban J connectivity index is 1.83. The van der Waals surface area contributed by atoms with Crippen molar-refractivity contribution in [1.82, 2.24) is 10.3 Å². The summed E-state index contributed by atoms with van der Waals surface area (Å²) in [5, 5.41) is 5.61. The van der Waals surface area contributed by atoms with Crippen molar-refractivity contribution in [2.24, 2.45) is 0 Å². The van der Waals surface area contributed by atoms with E-state index >= 15 is 0 Å². The van der Waals surface area contributed by atoms with Crippen LogP contribution in [0.1, 0.15) is 16.1 Å². The summed E-state index contributed by atoms with van der Waals surface area (Å²) in [5.41, 5.74) is -10.9. The summed E-state index contributed by atoms with van der Waals surface area (Å²) < 4.78 is 154. The van der Waals surface area contributed by atoms with Crippen LogP contribution in [0.3, 0.4) is 0 Å². The van der Waals surface area contributed by atoms with E-state index in [4.69, 9.17) is 4.74 Å². The van der Waals surface area contributed by atoms with Crippen LogP contribution in [-0.4, -0.2) is 42.2 Å². The van der Waals surface area contributed by atoms with Gasteiger partial charge in [-0.05, 0) is 30.3 Å². The van der Waals surface area contributed by atoms with Crippen LogP contribution in [-0.2, 0) is 5.67 Å². The number of rotatable bonds is 7. The molecule has 0 spiro atoms. The summed E-state index contributed by atoms with van der Waals surface area (Å²) in [7, 11) is 1.35. The fourth-order valence-electron chi connectivity index (χ4n) is 3.35. The molecule has 0 aliphatic carbocycles. The minimum absolute atomic E-state index is 0.0379. The number of alkyl halides is 9. The van der Waals surface area contributed by atoms with Gasteiger partial charge in [-0.1, -0.05) is 6.07 Å². The molecule has 3 amide bonds. The Labute approximate surface area is 227 Å². The van der Waals surface area contributed by atoms with E-state index in [1.807, 2.05) is 0 Å². The second kappa shape index (κ2) is 11.3. The van der Waals surface area contributed by atoms with Gasteiger partial charge in [0.15, 0.2) is 0 Å². The number of carbonyl (C=O) groups is 2. The topological polar surface area (TPSA) is 92.4 Å².